The van der Waals surface area contributed by atoms with Gasteiger partial charge < -0.3 is 15.0 Å². The molecule has 1 heterocycles. The lowest BCUT2D eigenvalue weighted by molar-refractivity contribution is -0.119. The number of benzene rings is 1. The second-order valence-corrected chi connectivity index (χ2v) is 4.99. The molecule has 1 aromatic carbocycles. The molecule has 0 atom stereocenters. The summed E-state index contributed by atoms with van der Waals surface area (Å²) in [5.41, 5.74) is 1.22. The van der Waals surface area contributed by atoms with Gasteiger partial charge in [0.1, 0.15) is 0 Å². The minimum atomic E-state index is -0.130. The normalized spacial score (nSPS) is 14.8. The average Bonchev–Trinajstić information content (AvgIpc) is 2.58. The molecule has 0 saturated carbocycles. The van der Waals surface area contributed by atoms with Gasteiger partial charge in [0.2, 0.25) is 5.91 Å². The van der Waals surface area contributed by atoms with Crippen molar-refractivity contribution in [3.8, 4) is 0 Å². The minimum absolute atomic E-state index is 0.0189. The summed E-state index contributed by atoms with van der Waals surface area (Å²) in [4.78, 5) is 25.9. The standard InChI is InChI=1S/C15H20N2O3/c1-11(2)20-10-7-14(18)17-9-8-16-15(19)12-5-3-4-6-13(12)17/h3-6,11H,7-10H2,1-2H3,(H,16,19). The third-order valence-corrected chi connectivity index (χ3v) is 3.13. The fraction of sp³-hybridized carbons (Fsp3) is 0.467. The van der Waals surface area contributed by atoms with Crippen molar-refractivity contribution in [1.82, 2.24) is 5.32 Å². The van der Waals surface area contributed by atoms with E-state index in [1.165, 1.54) is 0 Å². The first-order valence-electron chi connectivity index (χ1n) is 6.89. The molecule has 1 aromatic rings. The van der Waals surface area contributed by atoms with E-state index in [0.29, 0.717) is 37.4 Å². The van der Waals surface area contributed by atoms with Crippen molar-refractivity contribution >= 4 is 17.5 Å². The van der Waals surface area contributed by atoms with E-state index in [2.05, 4.69) is 5.32 Å². The Morgan fingerprint density at radius 1 is 1.40 bits per heavy atom. The topological polar surface area (TPSA) is 58.6 Å². The van der Waals surface area contributed by atoms with E-state index in [9.17, 15) is 9.59 Å². The van der Waals surface area contributed by atoms with E-state index in [0.717, 1.165) is 0 Å². The van der Waals surface area contributed by atoms with Gasteiger partial charge in [0, 0.05) is 13.1 Å². The van der Waals surface area contributed by atoms with E-state index in [1.54, 1.807) is 23.1 Å². The maximum atomic E-state index is 12.3. The summed E-state index contributed by atoms with van der Waals surface area (Å²) >= 11 is 0. The minimum Gasteiger partial charge on any atom is -0.378 e. The lowest BCUT2D eigenvalue weighted by Gasteiger charge is -2.22. The number of fused-ring (bicyclic) bond motifs is 1. The average molecular weight is 276 g/mol. The van der Waals surface area contributed by atoms with Crippen LogP contribution in [0.2, 0.25) is 0 Å². The molecule has 0 fully saturated rings. The third kappa shape index (κ3) is 3.36. The molecule has 5 heteroatoms. The number of anilines is 1. The maximum absolute atomic E-state index is 12.3. The number of carbonyl (C=O) groups excluding carboxylic acids is 2. The summed E-state index contributed by atoms with van der Waals surface area (Å²) in [6, 6.07) is 7.18. The molecular weight excluding hydrogens is 256 g/mol. The Kier molecular flexibility index (Phi) is 4.74. The highest BCUT2D eigenvalue weighted by Gasteiger charge is 2.24. The number of amides is 2. The van der Waals surface area contributed by atoms with Crippen LogP contribution in [0.4, 0.5) is 5.69 Å². The van der Waals surface area contributed by atoms with Crippen molar-refractivity contribution in [2.75, 3.05) is 24.6 Å². The van der Waals surface area contributed by atoms with Crippen LogP contribution in [0.25, 0.3) is 0 Å². The molecule has 0 spiro atoms. The van der Waals surface area contributed by atoms with Crippen LogP contribution in [0.3, 0.4) is 0 Å². The lowest BCUT2D eigenvalue weighted by Crippen LogP contribution is -2.35. The molecule has 0 aliphatic carbocycles. The molecule has 1 aliphatic rings. The van der Waals surface area contributed by atoms with Gasteiger partial charge in [-0.1, -0.05) is 12.1 Å². The van der Waals surface area contributed by atoms with Gasteiger partial charge in [-0.05, 0) is 26.0 Å². The zero-order valence-electron chi connectivity index (χ0n) is 11.9. The van der Waals surface area contributed by atoms with Crippen LogP contribution in [0.5, 0.6) is 0 Å². The van der Waals surface area contributed by atoms with Crippen LogP contribution >= 0.6 is 0 Å². The van der Waals surface area contributed by atoms with Gasteiger partial charge in [-0.25, -0.2) is 0 Å². The first-order valence-corrected chi connectivity index (χ1v) is 6.89. The van der Waals surface area contributed by atoms with Gasteiger partial charge in [-0.2, -0.15) is 0 Å². The zero-order valence-corrected chi connectivity index (χ0v) is 11.9. The third-order valence-electron chi connectivity index (χ3n) is 3.13. The van der Waals surface area contributed by atoms with Crippen molar-refractivity contribution in [3.63, 3.8) is 0 Å². The Labute approximate surface area is 118 Å². The zero-order chi connectivity index (χ0) is 14.5. The summed E-state index contributed by atoms with van der Waals surface area (Å²) in [6.45, 7) is 5.23. The van der Waals surface area contributed by atoms with E-state index in [-0.39, 0.29) is 17.9 Å². The van der Waals surface area contributed by atoms with Gasteiger partial charge in [-0.3, -0.25) is 9.59 Å². The van der Waals surface area contributed by atoms with Crippen LogP contribution in [-0.2, 0) is 9.53 Å². The Morgan fingerprint density at radius 3 is 2.90 bits per heavy atom. The van der Waals surface area contributed by atoms with Gasteiger partial charge >= 0.3 is 0 Å². The van der Waals surface area contributed by atoms with Gasteiger partial charge in [0.15, 0.2) is 0 Å². The van der Waals surface area contributed by atoms with Crippen LogP contribution < -0.4 is 10.2 Å². The molecule has 2 amide bonds. The molecule has 0 aromatic heterocycles. The molecule has 0 unspecified atom stereocenters. The number of para-hydroxylation sites is 1. The first-order chi connectivity index (χ1) is 9.59. The van der Waals surface area contributed by atoms with Crippen molar-refractivity contribution in [3.05, 3.63) is 29.8 Å². The van der Waals surface area contributed by atoms with Crippen LogP contribution in [0.1, 0.15) is 30.6 Å². The monoisotopic (exact) mass is 276 g/mol. The Balaban J connectivity index is 2.13. The number of nitrogens with one attached hydrogen (secondary N) is 1. The quantitative estimate of drug-likeness (QED) is 0.908. The van der Waals surface area contributed by atoms with Crippen LogP contribution in [-0.4, -0.2) is 37.6 Å². The number of nitrogens with zero attached hydrogens (tertiary/aromatic N) is 1. The predicted octanol–water partition coefficient (Wildman–Crippen LogP) is 1.58. The summed E-state index contributed by atoms with van der Waals surface area (Å²) in [5, 5.41) is 2.80. The maximum Gasteiger partial charge on any atom is 0.253 e. The van der Waals surface area contributed by atoms with Crippen molar-refractivity contribution in [1.29, 1.82) is 0 Å². The fourth-order valence-corrected chi connectivity index (χ4v) is 2.17. The number of hydrogen-bond donors (Lipinski definition) is 1. The molecule has 2 rings (SSSR count). The molecule has 1 aliphatic heterocycles. The van der Waals surface area contributed by atoms with E-state index >= 15 is 0 Å². The molecule has 0 radical (unpaired) electrons. The highest BCUT2D eigenvalue weighted by Crippen LogP contribution is 2.22. The van der Waals surface area contributed by atoms with Crippen molar-refractivity contribution < 1.29 is 14.3 Å². The molecule has 20 heavy (non-hydrogen) atoms. The summed E-state index contributed by atoms with van der Waals surface area (Å²) in [5.74, 6) is -0.149. The first kappa shape index (κ1) is 14.5. The smallest absolute Gasteiger partial charge is 0.253 e. The van der Waals surface area contributed by atoms with E-state index in [1.807, 2.05) is 19.9 Å². The molecule has 1 N–H and O–H groups in total. The largest absolute Gasteiger partial charge is 0.378 e. The summed E-state index contributed by atoms with van der Waals surface area (Å²) in [6.07, 6.45) is 0.434. The van der Waals surface area contributed by atoms with Gasteiger partial charge in [-0.15, -0.1) is 0 Å². The highest BCUT2D eigenvalue weighted by atomic mass is 16.5. The van der Waals surface area contributed by atoms with Crippen LogP contribution in [0.15, 0.2) is 24.3 Å². The van der Waals surface area contributed by atoms with E-state index < -0.39 is 0 Å². The van der Waals surface area contributed by atoms with Crippen molar-refractivity contribution in [2.45, 2.75) is 26.4 Å². The Hall–Kier alpha value is -1.88. The van der Waals surface area contributed by atoms with E-state index in [4.69, 9.17) is 4.74 Å². The molecule has 5 nitrogen and oxygen atoms in total. The number of carbonyl (C=O) groups is 2. The second-order valence-electron chi connectivity index (χ2n) is 4.99. The van der Waals surface area contributed by atoms with Crippen LogP contribution in [0, 0.1) is 0 Å². The van der Waals surface area contributed by atoms with Crippen molar-refractivity contribution in [2.24, 2.45) is 0 Å². The fourth-order valence-electron chi connectivity index (χ4n) is 2.17. The molecular formula is C15H20N2O3. The SMILES string of the molecule is CC(C)OCCC(=O)N1CCNC(=O)c2ccccc21. The Morgan fingerprint density at radius 2 is 2.15 bits per heavy atom. The molecule has 0 bridgehead atoms. The predicted molar refractivity (Wildman–Crippen MR) is 76.8 cm³/mol. The summed E-state index contributed by atoms with van der Waals surface area (Å²) in [7, 11) is 0. The number of hydrogen-bond acceptors (Lipinski definition) is 3. The molecule has 0 saturated heterocycles. The number of ether oxygens (including phenoxy) is 1. The van der Waals surface area contributed by atoms with Gasteiger partial charge in [0.05, 0.1) is 30.4 Å². The second kappa shape index (κ2) is 6.52. The Bertz CT molecular complexity index is 500. The highest BCUT2D eigenvalue weighted by molar-refractivity contribution is 6.05. The summed E-state index contributed by atoms with van der Waals surface area (Å²) < 4.78 is 5.41. The van der Waals surface area contributed by atoms with Gasteiger partial charge in [0.25, 0.3) is 5.91 Å². The lowest BCUT2D eigenvalue weighted by atomic mass is 10.1. The molecule has 108 valence electrons. The number of rotatable bonds is 4.